The van der Waals surface area contributed by atoms with Crippen LogP contribution in [0, 0.1) is 13.8 Å². The lowest BCUT2D eigenvalue weighted by atomic mass is 10.0. The summed E-state index contributed by atoms with van der Waals surface area (Å²) in [6.45, 7) is 5.55. The largest absolute Gasteiger partial charge is 0.387 e. The van der Waals surface area contributed by atoms with Crippen molar-refractivity contribution in [3.8, 4) is 0 Å². The normalized spacial score (nSPS) is 12.9. The highest BCUT2D eigenvalue weighted by Gasteiger charge is 2.12. The van der Waals surface area contributed by atoms with Crippen molar-refractivity contribution in [3.63, 3.8) is 0 Å². The van der Waals surface area contributed by atoms with Crippen LogP contribution in [-0.4, -0.2) is 33.4 Å². The van der Waals surface area contributed by atoms with E-state index in [0.717, 1.165) is 17.7 Å². The number of aromatic nitrogens is 2. The molecule has 0 unspecified atom stereocenters. The Labute approximate surface area is 120 Å². The zero-order valence-corrected chi connectivity index (χ0v) is 12.7. The molecule has 1 heterocycles. The number of aliphatic hydroxyl groups is 1. The molecule has 0 aliphatic heterocycles. The van der Waals surface area contributed by atoms with Gasteiger partial charge >= 0.3 is 0 Å². The molecule has 1 N–H and O–H groups in total. The maximum Gasteiger partial charge on any atom is 0.0917 e. The summed E-state index contributed by atoms with van der Waals surface area (Å²) in [5.41, 5.74) is 4.61. The lowest BCUT2D eigenvalue weighted by Gasteiger charge is -2.20. The van der Waals surface area contributed by atoms with E-state index in [4.69, 9.17) is 0 Å². The molecule has 0 spiro atoms. The van der Waals surface area contributed by atoms with Crippen molar-refractivity contribution in [2.45, 2.75) is 26.5 Å². The fourth-order valence-corrected chi connectivity index (χ4v) is 2.30. The summed E-state index contributed by atoms with van der Waals surface area (Å²) in [4.78, 5) is 2.11. The van der Waals surface area contributed by atoms with Crippen LogP contribution in [0.2, 0.25) is 0 Å². The Morgan fingerprint density at radius 1 is 1.30 bits per heavy atom. The Bertz CT molecular complexity index is 577. The van der Waals surface area contributed by atoms with Gasteiger partial charge in [-0.3, -0.25) is 9.58 Å². The van der Waals surface area contributed by atoms with Crippen LogP contribution in [0.15, 0.2) is 30.6 Å². The van der Waals surface area contributed by atoms with Gasteiger partial charge in [0.1, 0.15) is 0 Å². The molecule has 2 aromatic rings. The predicted octanol–water partition coefficient (Wildman–Crippen LogP) is 2.20. The molecule has 1 aromatic heterocycles. The maximum atomic E-state index is 10.3. The molecule has 0 bridgehead atoms. The SMILES string of the molecule is Cc1ccc([C@H](O)CN(C)Cc2cnn(C)c2)cc1C. The van der Waals surface area contributed by atoms with Crippen molar-refractivity contribution < 1.29 is 5.11 Å². The molecule has 0 amide bonds. The van der Waals surface area contributed by atoms with Crippen molar-refractivity contribution in [3.05, 3.63) is 52.8 Å². The Kier molecular flexibility index (Phi) is 4.57. The molecule has 0 fully saturated rings. The van der Waals surface area contributed by atoms with Gasteiger partial charge in [-0.1, -0.05) is 18.2 Å². The summed E-state index contributed by atoms with van der Waals surface area (Å²) in [7, 11) is 3.92. The number of hydrogen-bond acceptors (Lipinski definition) is 3. The third-order valence-corrected chi connectivity index (χ3v) is 3.61. The van der Waals surface area contributed by atoms with E-state index >= 15 is 0 Å². The summed E-state index contributed by atoms with van der Waals surface area (Å²) in [6, 6.07) is 6.14. The molecule has 1 atom stereocenters. The van der Waals surface area contributed by atoms with Crippen LogP contribution >= 0.6 is 0 Å². The lowest BCUT2D eigenvalue weighted by Crippen LogP contribution is -2.24. The van der Waals surface area contributed by atoms with Gasteiger partial charge in [-0.05, 0) is 37.6 Å². The van der Waals surface area contributed by atoms with Crippen LogP contribution in [0.5, 0.6) is 0 Å². The number of likely N-dealkylation sites (N-methyl/N-ethyl adjacent to an activating group) is 1. The van der Waals surface area contributed by atoms with Crippen LogP contribution in [0.1, 0.15) is 28.4 Å². The minimum absolute atomic E-state index is 0.462. The van der Waals surface area contributed by atoms with E-state index in [1.165, 1.54) is 11.1 Å². The Morgan fingerprint density at radius 3 is 2.65 bits per heavy atom. The summed E-state index contributed by atoms with van der Waals surface area (Å²) >= 11 is 0. The average Bonchev–Trinajstić information content (AvgIpc) is 2.77. The molecule has 0 aliphatic carbocycles. The first-order chi connectivity index (χ1) is 9.45. The maximum absolute atomic E-state index is 10.3. The van der Waals surface area contributed by atoms with E-state index in [-0.39, 0.29) is 0 Å². The molecule has 0 radical (unpaired) electrons. The molecular weight excluding hydrogens is 250 g/mol. The molecule has 20 heavy (non-hydrogen) atoms. The molecule has 4 heteroatoms. The first-order valence-electron chi connectivity index (χ1n) is 6.87. The van der Waals surface area contributed by atoms with E-state index in [0.29, 0.717) is 6.54 Å². The van der Waals surface area contributed by atoms with Gasteiger partial charge in [-0.2, -0.15) is 5.10 Å². The lowest BCUT2D eigenvalue weighted by molar-refractivity contribution is 0.124. The second-order valence-corrected chi connectivity index (χ2v) is 5.58. The van der Waals surface area contributed by atoms with Crippen molar-refractivity contribution in [1.82, 2.24) is 14.7 Å². The van der Waals surface area contributed by atoms with Crippen molar-refractivity contribution in [1.29, 1.82) is 0 Å². The van der Waals surface area contributed by atoms with Crippen LogP contribution < -0.4 is 0 Å². The Morgan fingerprint density at radius 2 is 2.05 bits per heavy atom. The molecule has 108 valence electrons. The minimum atomic E-state index is -0.462. The smallest absolute Gasteiger partial charge is 0.0917 e. The molecular formula is C16H23N3O. The first kappa shape index (κ1) is 14.8. The topological polar surface area (TPSA) is 41.3 Å². The number of aliphatic hydroxyl groups excluding tert-OH is 1. The van der Waals surface area contributed by atoms with E-state index in [1.54, 1.807) is 4.68 Å². The minimum Gasteiger partial charge on any atom is -0.387 e. The van der Waals surface area contributed by atoms with Gasteiger partial charge in [0, 0.05) is 31.9 Å². The summed E-state index contributed by atoms with van der Waals surface area (Å²) in [5.74, 6) is 0. The molecule has 0 saturated heterocycles. The van der Waals surface area contributed by atoms with Crippen molar-refractivity contribution in [2.75, 3.05) is 13.6 Å². The monoisotopic (exact) mass is 273 g/mol. The third kappa shape index (κ3) is 3.68. The fraction of sp³-hybridized carbons (Fsp3) is 0.438. The Balaban J connectivity index is 1.96. The number of aryl methyl sites for hydroxylation is 3. The average molecular weight is 273 g/mol. The van der Waals surface area contributed by atoms with Crippen molar-refractivity contribution in [2.24, 2.45) is 7.05 Å². The zero-order valence-electron chi connectivity index (χ0n) is 12.7. The highest BCUT2D eigenvalue weighted by atomic mass is 16.3. The second kappa shape index (κ2) is 6.20. The van der Waals surface area contributed by atoms with Gasteiger partial charge in [0.25, 0.3) is 0 Å². The highest BCUT2D eigenvalue weighted by Crippen LogP contribution is 2.18. The predicted molar refractivity (Wildman–Crippen MR) is 80.4 cm³/mol. The zero-order chi connectivity index (χ0) is 14.7. The van der Waals surface area contributed by atoms with E-state index in [1.807, 2.05) is 32.6 Å². The van der Waals surface area contributed by atoms with Crippen LogP contribution in [0.25, 0.3) is 0 Å². The van der Waals surface area contributed by atoms with Gasteiger partial charge in [-0.25, -0.2) is 0 Å². The fourth-order valence-electron chi connectivity index (χ4n) is 2.30. The second-order valence-electron chi connectivity index (χ2n) is 5.58. The molecule has 4 nitrogen and oxygen atoms in total. The summed E-state index contributed by atoms with van der Waals surface area (Å²) in [6.07, 6.45) is 3.40. The highest BCUT2D eigenvalue weighted by molar-refractivity contribution is 5.31. The van der Waals surface area contributed by atoms with Gasteiger partial charge in [-0.15, -0.1) is 0 Å². The molecule has 0 saturated carbocycles. The standard InChI is InChI=1S/C16H23N3O/c1-12-5-6-15(7-13(12)2)16(20)11-18(3)9-14-8-17-19(4)10-14/h5-8,10,16,20H,9,11H2,1-4H3/t16-/m1/s1. The molecule has 2 rings (SSSR count). The number of nitrogens with zero attached hydrogens (tertiary/aromatic N) is 3. The van der Waals surface area contributed by atoms with Gasteiger partial charge in [0.2, 0.25) is 0 Å². The Hall–Kier alpha value is -1.65. The summed E-state index contributed by atoms with van der Waals surface area (Å²) < 4.78 is 1.79. The van der Waals surface area contributed by atoms with Crippen LogP contribution in [-0.2, 0) is 13.6 Å². The van der Waals surface area contributed by atoms with Crippen LogP contribution in [0.4, 0.5) is 0 Å². The summed E-state index contributed by atoms with van der Waals surface area (Å²) in [5, 5.41) is 14.5. The van der Waals surface area contributed by atoms with E-state index < -0.39 is 6.10 Å². The van der Waals surface area contributed by atoms with Gasteiger partial charge in [0.05, 0.1) is 12.3 Å². The number of rotatable bonds is 5. The molecule has 1 aromatic carbocycles. The first-order valence-corrected chi connectivity index (χ1v) is 6.87. The van der Waals surface area contributed by atoms with Crippen LogP contribution in [0.3, 0.4) is 0 Å². The van der Waals surface area contributed by atoms with E-state index in [9.17, 15) is 5.11 Å². The third-order valence-electron chi connectivity index (χ3n) is 3.61. The van der Waals surface area contributed by atoms with Crippen molar-refractivity contribution >= 4 is 0 Å². The molecule has 0 aliphatic rings. The van der Waals surface area contributed by atoms with Gasteiger partial charge < -0.3 is 5.11 Å². The number of benzene rings is 1. The van der Waals surface area contributed by atoms with Gasteiger partial charge in [0.15, 0.2) is 0 Å². The van der Waals surface area contributed by atoms with E-state index in [2.05, 4.69) is 36.0 Å². The number of hydrogen-bond donors (Lipinski definition) is 1. The quantitative estimate of drug-likeness (QED) is 0.908.